The highest BCUT2D eigenvalue weighted by molar-refractivity contribution is 5.97. The summed E-state index contributed by atoms with van der Waals surface area (Å²) >= 11 is 0. The second kappa shape index (κ2) is 8.90. The lowest BCUT2D eigenvalue weighted by molar-refractivity contribution is 0.0947. The van der Waals surface area contributed by atoms with Gasteiger partial charge >= 0.3 is 0 Å². The number of benzene rings is 2. The molecule has 1 aliphatic rings. The molecular formula is C23H25N3O3. The van der Waals surface area contributed by atoms with Gasteiger partial charge in [-0.05, 0) is 43.2 Å². The van der Waals surface area contributed by atoms with E-state index in [-0.39, 0.29) is 11.5 Å². The van der Waals surface area contributed by atoms with Crippen LogP contribution in [0.2, 0.25) is 0 Å². The van der Waals surface area contributed by atoms with Gasteiger partial charge in [0.25, 0.3) is 11.5 Å². The smallest absolute Gasteiger partial charge is 0.261 e. The number of para-hydroxylation sites is 1. The van der Waals surface area contributed by atoms with Crippen LogP contribution in [0.15, 0.2) is 53.3 Å². The van der Waals surface area contributed by atoms with Crippen molar-refractivity contribution in [3.05, 3.63) is 70.3 Å². The normalized spacial score (nSPS) is 13.9. The lowest BCUT2D eigenvalue weighted by atomic mass is 10.1. The van der Waals surface area contributed by atoms with Gasteiger partial charge in [0.05, 0.1) is 17.4 Å². The summed E-state index contributed by atoms with van der Waals surface area (Å²) in [6.07, 6.45) is 5.17. The van der Waals surface area contributed by atoms with Crippen LogP contribution < -0.4 is 15.6 Å². The highest BCUT2D eigenvalue weighted by atomic mass is 16.5. The van der Waals surface area contributed by atoms with Crippen molar-refractivity contribution in [1.82, 2.24) is 14.9 Å². The maximum Gasteiger partial charge on any atom is 0.261 e. The minimum absolute atomic E-state index is 0.00452. The van der Waals surface area contributed by atoms with E-state index >= 15 is 0 Å². The van der Waals surface area contributed by atoms with Crippen molar-refractivity contribution in [2.45, 2.75) is 38.6 Å². The van der Waals surface area contributed by atoms with Gasteiger partial charge in [-0.25, -0.2) is 4.98 Å². The topological polar surface area (TPSA) is 73.2 Å². The van der Waals surface area contributed by atoms with Crippen LogP contribution in [0, 0.1) is 0 Å². The molecule has 29 heavy (non-hydrogen) atoms. The minimum atomic E-state index is -0.197. The van der Waals surface area contributed by atoms with Crippen molar-refractivity contribution < 1.29 is 9.53 Å². The molecular weight excluding hydrogens is 366 g/mol. The molecule has 1 aliphatic heterocycles. The zero-order valence-electron chi connectivity index (χ0n) is 16.4. The van der Waals surface area contributed by atoms with E-state index in [1.807, 2.05) is 34.9 Å². The first-order chi connectivity index (χ1) is 14.2. The molecule has 1 amide bonds. The molecule has 0 unspecified atom stereocenters. The number of aromatic nitrogens is 2. The van der Waals surface area contributed by atoms with Crippen LogP contribution in [0.3, 0.4) is 0 Å². The number of nitrogens with zero attached hydrogens (tertiary/aromatic N) is 2. The molecule has 1 aromatic heterocycles. The van der Waals surface area contributed by atoms with Crippen LogP contribution in [-0.4, -0.2) is 28.6 Å². The number of nitrogens with one attached hydrogen (secondary N) is 1. The fourth-order valence-corrected chi connectivity index (χ4v) is 3.69. The Morgan fingerprint density at radius 1 is 1.07 bits per heavy atom. The van der Waals surface area contributed by atoms with E-state index in [4.69, 9.17) is 9.72 Å². The molecule has 0 atom stereocenters. The predicted octanol–water partition coefficient (Wildman–Crippen LogP) is 3.32. The van der Waals surface area contributed by atoms with Crippen molar-refractivity contribution in [2.24, 2.45) is 0 Å². The Balaban J connectivity index is 1.47. The van der Waals surface area contributed by atoms with Gasteiger partial charge in [0.2, 0.25) is 0 Å². The molecule has 0 saturated heterocycles. The molecule has 0 aliphatic carbocycles. The largest absolute Gasteiger partial charge is 0.492 e. The average molecular weight is 391 g/mol. The second-order valence-corrected chi connectivity index (χ2v) is 7.30. The third kappa shape index (κ3) is 4.47. The Bertz CT molecular complexity index is 1060. The molecule has 3 aromatic rings. The standard InChI is InChI=1S/C23H25N3O3/c27-22(24-13-15-29-18-8-4-3-5-9-18)17-11-12-19-20(16-17)25-21-10-6-1-2-7-14-26(21)23(19)28/h3-5,8-9,11-12,16H,1-2,6-7,10,13-15H2,(H,24,27). The first kappa shape index (κ1) is 19.2. The molecule has 2 heterocycles. The van der Waals surface area contributed by atoms with E-state index in [0.29, 0.717) is 29.6 Å². The van der Waals surface area contributed by atoms with Gasteiger partial charge in [-0.2, -0.15) is 0 Å². The van der Waals surface area contributed by atoms with Gasteiger partial charge in [-0.1, -0.05) is 31.0 Å². The third-order valence-corrected chi connectivity index (χ3v) is 5.23. The quantitative estimate of drug-likeness (QED) is 0.677. The highest BCUT2D eigenvalue weighted by Crippen LogP contribution is 2.16. The van der Waals surface area contributed by atoms with Crippen molar-refractivity contribution in [3.8, 4) is 5.75 Å². The number of hydrogen-bond acceptors (Lipinski definition) is 4. The van der Waals surface area contributed by atoms with Gasteiger partial charge in [-0.3, -0.25) is 14.2 Å². The summed E-state index contributed by atoms with van der Waals surface area (Å²) in [7, 11) is 0. The van der Waals surface area contributed by atoms with Gasteiger partial charge in [0, 0.05) is 18.5 Å². The second-order valence-electron chi connectivity index (χ2n) is 7.30. The summed E-state index contributed by atoms with van der Waals surface area (Å²) in [4.78, 5) is 30.1. The summed E-state index contributed by atoms with van der Waals surface area (Å²) in [5.74, 6) is 1.40. The number of aryl methyl sites for hydroxylation is 1. The average Bonchev–Trinajstić information content (AvgIpc) is 2.73. The monoisotopic (exact) mass is 391 g/mol. The molecule has 0 spiro atoms. The highest BCUT2D eigenvalue weighted by Gasteiger charge is 2.14. The first-order valence-electron chi connectivity index (χ1n) is 10.2. The fourth-order valence-electron chi connectivity index (χ4n) is 3.69. The van der Waals surface area contributed by atoms with Gasteiger partial charge in [0.15, 0.2) is 0 Å². The van der Waals surface area contributed by atoms with Crippen LogP contribution in [0.1, 0.15) is 41.9 Å². The molecule has 6 nitrogen and oxygen atoms in total. The van der Waals surface area contributed by atoms with Gasteiger partial charge < -0.3 is 10.1 Å². The SMILES string of the molecule is O=C(NCCOc1ccccc1)c1ccc2c(=O)n3c(nc2c1)CCCCCC3. The molecule has 1 N–H and O–H groups in total. The van der Waals surface area contributed by atoms with Crippen LogP contribution >= 0.6 is 0 Å². The number of ether oxygens (including phenoxy) is 1. The van der Waals surface area contributed by atoms with E-state index in [2.05, 4.69) is 5.32 Å². The Morgan fingerprint density at radius 2 is 1.90 bits per heavy atom. The molecule has 0 bridgehead atoms. The first-order valence-corrected chi connectivity index (χ1v) is 10.2. The van der Waals surface area contributed by atoms with Crippen molar-refractivity contribution >= 4 is 16.8 Å². The summed E-state index contributed by atoms with van der Waals surface area (Å²) in [6, 6.07) is 14.6. The number of rotatable bonds is 5. The molecule has 2 aromatic carbocycles. The maximum absolute atomic E-state index is 12.9. The third-order valence-electron chi connectivity index (χ3n) is 5.23. The number of carbonyl (C=O) groups is 1. The van der Waals surface area contributed by atoms with E-state index in [9.17, 15) is 9.59 Å². The minimum Gasteiger partial charge on any atom is -0.492 e. The lowest BCUT2D eigenvalue weighted by Crippen LogP contribution is -2.29. The van der Waals surface area contributed by atoms with E-state index in [1.54, 1.807) is 18.2 Å². The Morgan fingerprint density at radius 3 is 2.76 bits per heavy atom. The van der Waals surface area contributed by atoms with Crippen molar-refractivity contribution in [1.29, 1.82) is 0 Å². The summed E-state index contributed by atoms with van der Waals surface area (Å²) in [5.41, 5.74) is 1.09. The zero-order chi connectivity index (χ0) is 20.1. The molecule has 4 rings (SSSR count). The zero-order valence-corrected chi connectivity index (χ0v) is 16.4. The Hall–Kier alpha value is -3.15. The van der Waals surface area contributed by atoms with Gasteiger partial charge in [0.1, 0.15) is 18.2 Å². The molecule has 0 fully saturated rings. The van der Waals surface area contributed by atoms with Crippen LogP contribution in [0.5, 0.6) is 5.75 Å². The molecule has 0 radical (unpaired) electrons. The molecule has 6 heteroatoms. The fraction of sp³-hybridized carbons (Fsp3) is 0.348. The van der Waals surface area contributed by atoms with E-state index in [1.165, 1.54) is 6.42 Å². The number of fused-ring (bicyclic) bond motifs is 2. The summed E-state index contributed by atoms with van der Waals surface area (Å²) in [5, 5.41) is 3.42. The Kier molecular flexibility index (Phi) is 5.89. The lowest BCUT2D eigenvalue weighted by Gasteiger charge is -2.16. The maximum atomic E-state index is 12.9. The molecule has 0 saturated carbocycles. The van der Waals surface area contributed by atoms with Crippen molar-refractivity contribution in [2.75, 3.05) is 13.2 Å². The summed E-state index contributed by atoms with van der Waals surface area (Å²) < 4.78 is 7.40. The van der Waals surface area contributed by atoms with Crippen LogP contribution in [-0.2, 0) is 13.0 Å². The van der Waals surface area contributed by atoms with E-state index < -0.39 is 0 Å². The number of amides is 1. The van der Waals surface area contributed by atoms with Crippen LogP contribution in [0.25, 0.3) is 10.9 Å². The number of carbonyl (C=O) groups excluding carboxylic acids is 1. The Labute approximate surface area is 169 Å². The number of hydrogen-bond donors (Lipinski definition) is 1. The van der Waals surface area contributed by atoms with Crippen molar-refractivity contribution in [3.63, 3.8) is 0 Å². The predicted molar refractivity (Wildman–Crippen MR) is 112 cm³/mol. The summed E-state index contributed by atoms with van der Waals surface area (Å²) in [6.45, 7) is 1.50. The van der Waals surface area contributed by atoms with Crippen LogP contribution in [0.4, 0.5) is 0 Å². The van der Waals surface area contributed by atoms with Gasteiger partial charge in [-0.15, -0.1) is 0 Å². The molecule has 150 valence electrons. The van der Waals surface area contributed by atoms with E-state index in [0.717, 1.165) is 43.8 Å².